The van der Waals surface area contributed by atoms with Gasteiger partial charge in [0.1, 0.15) is 10.8 Å². The molecule has 149 valence electrons. The SMILES string of the molecule is COc1cc(C2CCNCC2)ccc1Nc1ncc(Cl)c(Nc2[c]cccc2)n1. The van der Waals surface area contributed by atoms with E-state index in [-0.39, 0.29) is 0 Å². The van der Waals surface area contributed by atoms with Crippen molar-refractivity contribution >= 4 is 34.7 Å². The van der Waals surface area contributed by atoms with Crippen LogP contribution in [0.5, 0.6) is 5.75 Å². The van der Waals surface area contributed by atoms with Gasteiger partial charge in [-0.15, -0.1) is 0 Å². The third-order valence-corrected chi connectivity index (χ3v) is 5.27. The van der Waals surface area contributed by atoms with Crippen molar-refractivity contribution in [2.45, 2.75) is 18.8 Å². The Bertz CT molecular complexity index is 961. The molecular weight excluding hydrogens is 386 g/mol. The fraction of sp³-hybridized carbons (Fsp3) is 0.273. The van der Waals surface area contributed by atoms with Gasteiger partial charge in [0.05, 0.1) is 19.0 Å². The maximum atomic E-state index is 6.26. The first-order valence-electron chi connectivity index (χ1n) is 9.65. The number of para-hydroxylation sites is 1. The molecule has 7 heteroatoms. The Kier molecular flexibility index (Phi) is 6.12. The molecule has 1 aliphatic heterocycles. The second kappa shape index (κ2) is 9.11. The van der Waals surface area contributed by atoms with E-state index in [0.717, 1.165) is 43.1 Å². The van der Waals surface area contributed by atoms with Crippen LogP contribution in [-0.4, -0.2) is 30.2 Å². The zero-order chi connectivity index (χ0) is 20.1. The summed E-state index contributed by atoms with van der Waals surface area (Å²) in [5.74, 6) is 2.27. The lowest BCUT2D eigenvalue weighted by atomic mass is 9.90. The van der Waals surface area contributed by atoms with Crippen LogP contribution in [0.2, 0.25) is 5.02 Å². The quantitative estimate of drug-likeness (QED) is 0.539. The van der Waals surface area contributed by atoms with Crippen molar-refractivity contribution in [3.8, 4) is 5.75 Å². The van der Waals surface area contributed by atoms with Crippen LogP contribution in [0.15, 0.2) is 48.7 Å². The lowest BCUT2D eigenvalue weighted by Crippen LogP contribution is -2.26. The molecule has 29 heavy (non-hydrogen) atoms. The summed E-state index contributed by atoms with van der Waals surface area (Å²) in [7, 11) is 1.67. The topological polar surface area (TPSA) is 71.1 Å². The average molecular weight is 409 g/mol. The summed E-state index contributed by atoms with van der Waals surface area (Å²) >= 11 is 6.26. The molecule has 3 N–H and O–H groups in total. The lowest BCUT2D eigenvalue weighted by molar-refractivity contribution is 0.413. The molecule has 1 aromatic heterocycles. The van der Waals surface area contributed by atoms with Crippen LogP contribution >= 0.6 is 11.6 Å². The number of methoxy groups -OCH3 is 1. The van der Waals surface area contributed by atoms with Crippen LogP contribution in [-0.2, 0) is 0 Å². The fourth-order valence-electron chi connectivity index (χ4n) is 3.45. The Balaban J connectivity index is 1.54. The van der Waals surface area contributed by atoms with Gasteiger partial charge >= 0.3 is 0 Å². The molecule has 0 aliphatic carbocycles. The molecule has 1 radical (unpaired) electrons. The van der Waals surface area contributed by atoms with E-state index in [1.54, 1.807) is 13.3 Å². The van der Waals surface area contributed by atoms with E-state index in [1.165, 1.54) is 5.56 Å². The van der Waals surface area contributed by atoms with Crippen molar-refractivity contribution in [2.75, 3.05) is 30.8 Å². The lowest BCUT2D eigenvalue weighted by Gasteiger charge is -2.24. The highest BCUT2D eigenvalue weighted by atomic mass is 35.5. The number of aromatic nitrogens is 2. The van der Waals surface area contributed by atoms with Gasteiger partial charge in [-0.25, -0.2) is 4.98 Å². The molecule has 0 spiro atoms. The number of anilines is 4. The second-order valence-corrected chi connectivity index (χ2v) is 7.31. The van der Waals surface area contributed by atoms with Crippen LogP contribution < -0.4 is 20.7 Å². The third kappa shape index (κ3) is 4.78. The molecule has 4 rings (SSSR count). The predicted octanol–water partition coefficient (Wildman–Crippen LogP) is 4.89. The highest BCUT2D eigenvalue weighted by molar-refractivity contribution is 6.32. The smallest absolute Gasteiger partial charge is 0.229 e. The molecule has 6 nitrogen and oxygen atoms in total. The van der Waals surface area contributed by atoms with Crippen LogP contribution in [0.1, 0.15) is 24.3 Å². The molecule has 2 aromatic carbocycles. The number of halogens is 1. The zero-order valence-corrected chi connectivity index (χ0v) is 17.0. The first-order chi connectivity index (χ1) is 14.2. The van der Waals surface area contributed by atoms with Crippen molar-refractivity contribution in [1.82, 2.24) is 15.3 Å². The Hall–Kier alpha value is -2.83. The van der Waals surface area contributed by atoms with Gasteiger partial charge < -0.3 is 20.7 Å². The molecule has 1 fully saturated rings. The van der Waals surface area contributed by atoms with E-state index in [9.17, 15) is 0 Å². The molecule has 0 unspecified atom stereocenters. The van der Waals surface area contributed by atoms with E-state index in [0.29, 0.717) is 22.7 Å². The summed E-state index contributed by atoms with van der Waals surface area (Å²) in [6.45, 7) is 2.11. The van der Waals surface area contributed by atoms with Crippen molar-refractivity contribution in [2.24, 2.45) is 0 Å². The number of ether oxygens (including phenoxy) is 1. The van der Waals surface area contributed by atoms with Gasteiger partial charge in [-0.05, 0) is 55.6 Å². The van der Waals surface area contributed by atoms with Gasteiger partial charge in [0, 0.05) is 11.8 Å². The number of hydrogen-bond acceptors (Lipinski definition) is 6. The largest absolute Gasteiger partial charge is 0.495 e. The first-order valence-corrected chi connectivity index (χ1v) is 10.0. The average Bonchev–Trinajstić information content (AvgIpc) is 2.77. The standard InChI is InChI=1S/C22H23ClN5O/c1-29-20-13-16(15-9-11-24-12-10-15)7-8-19(20)27-22-25-14-18(23)21(28-22)26-17-5-3-2-4-6-17/h2-5,7-8,13-15,24H,9-12H2,1H3,(H2,25,26,27,28). The maximum Gasteiger partial charge on any atom is 0.229 e. The molecule has 3 aromatic rings. The molecule has 1 saturated heterocycles. The van der Waals surface area contributed by atoms with Crippen LogP contribution in [0, 0.1) is 6.07 Å². The predicted molar refractivity (Wildman–Crippen MR) is 117 cm³/mol. The van der Waals surface area contributed by atoms with Gasteiger partial charge in [0.15, 0.2) is 5.82 Å². The summed E-state index contributed by atoms with van der Waals surface area (Å²) < 4.78 is 5.62. The van der Waals surface area contributed by atoms with E-state index >= 15 is 0 Å². The van der Waals surface area contributed by atoms with Gasteiger partial charge in [-0.2, -0.15) is 4.98 Å². The number of hydrogen-bond donors (Lipinski definition) is 3. The van der Waals surface area contributed by atoms with Gasteiger partial charge in [-0.3, -0.25) is 0 Å². The summed E-state index contributed by atoms with van der Waals surface area (Å²) in [5, 5.41) is 10.2. The summed E-state index contributed by atoms with van der Waals surface area (Å²) in [4.78, 5) is 8.80. The van der Waals surface area contributed by atoms with Crippen molar-refractivity contribution in [1.29, 1.82) is 0 Å². The van der Waals surface area contributed by atoms with Gasteiger partial charge in [0.25, 0.3) is 0 Å². The van der Waals surface area contributed by atoms with E-state index in [2.05, 4.69) is 44.1 Å². The minimum Gasteiger partial charge on any atom is -0.495 e. The first kappa shape index (κ1) is 19.5. The molecule has 0 saturated carbocycles. The molecule has 1 aliphatic rings. The fourth-order valence-corrected chi connectivity index (χ4v) is 3.59. The third-order valence-electron chi connectivity index (χ3n) is 4.99. The molecule has 2 heterocycles. The number of piperidine rings is 1. The van der Waals surface area contributed by atoms with Gasteiger partial charge in [0.2, 0.25) is 5.95 Å². The Morgan fingerprint density at radius 1 is 1.17 bits per heavy atom. The zero-order valence-electron chi connectivity index (χ0n) is 16.2. The number of nitrogens with zero attached hydrogens (tertiary/aromatic N) is 2. The van der Waals surface area contributed by atoms with Crippen LogP contribution in [0.25, 0.3) is 0 Å². The normalized spacial score (nSPS) is 14.4. The number of nitrogens with one attached hydrogen (secondary N) is 3. The molecule has 0 atom stereocenters. The molecule has 0 amide bonds. The molecule has 0 bridgehead atoms. The Labute approximate surface area is 175 Å². The highest BCUT2D eigenvalue weighted by Crippen LogP contribution is 2.34. The van der Waals surface area contributed by atoms with E-state index in [1.807, 2.05) is 30.3 Å². The van der Waals surface area contributed by atoms with E-state index in [4.69, 9.17) is 16.3 Å². The number of benzene rings is 2. The number of rotatable bonds is 6. The monoisotopic (exact) mass is 408 g/mol. The van der Waals surface area contributed by atoms with Crippen LogP contribution in [0.4, 0.5) is 23.1 Å². The van der Waals surface area contributed by atoms with Gasteiger partial charge in [-0.1, -0.05) is 35.9 Å². The van der Waals surface area contributed by atoms with Crippen molar-refractivity contribution in [3.63, 3.8) is 0 Å². The summed E-state index contributed by atoms with van der Waals surface area (Å²) in [5.41, 5.74) is 2.89. The molecular formula is C22H23ClN5O. The summed E-state index contributed by atoms with van der Waals surface area (Å²) in [6.07, 6.45) is 3.85. The van der Waals surface area contributed by atoms with Crippen molar-refractivity contribution < 1.29 is 4.74 Å². The second-order valence-electron chi connectivity index (χ2n) is 6.90. The van der Waals surface area contributed by atoms with Crippen molar-refractivity contribution in [3.05, 3.63) is 65.3 Å². The summed E-state index contributed by atoms with van der Waals surface area (Å²) in [6, 6.07) is 16.9. The van der Waals surface area contributed by atoms with E-state index < -0.39 is 0 Å². The Morgan fingerprint density at radius 3 is 2.79 bits per heavy atom. The highest BCUT2D eigenvalue weighted by Gasteiger charge is 2.17. The minimum absolute atomic E-state index is 0.431. The maximum absolute atomic E-state index is 6.26. The Morgan fingerprint density at radius 2 is 2.03 bits per heavy atom. The minimum atomic E-state index is 0.431. The van der Waals surface area contributed by atoms with Crippen LogP contribution in [0.3, 0.4) is 0 Å².